The molecule has 0 atom stereocenters. The molecule has 4 heterocycles. The van der Waals surface area contributed by atoms with Crippen molar-refractivity contribution in [2.24, 2.45) is 0 Å². The van der Waals surface area contributed by atoms with Crippen LogP contribution in [-0.2, 0) is 31.9 Å². The Bertz CT molecular complexity index is 4040. The fourth-order valence-corrected chi connectivity index (χ4v) is 9.84. The Balaban J connectivity index is 0.00000574. The number of para-hydroxylation sites is 3. The predicted molar refractivity (Wildman–Crippen MR) is 273 cm³/mol. The van der Waals surface area contributed by atoms with Gasteiger partial charge in [0.05, 0.1) is 23.6 Å². The zero-order valence-electron chi connectivity index (χ0n) is 43.4. The molecule has 0 aliphatic carbocycles. The van der Waals surface area contributed by atoms with Crippen molar-refractivity contribution in [1.29, 1.82) is 0 Å². The zero-order valence-corrected chi connectivity index (χ0v) is 40.7. The predicted octanol–water partition coefficient (Wildman–Crippen LogP) is 15.2. The Morgan fingerprint density at radius 3 is 2.06 bits per heavy atom. The first-order valence-corrected chi connectivity index (χ1v) is 22.6. The second-order valence-corrected chi connectivity index (χ2v) is 19.3. The molecule has 0 bridgehead atoms. The fraction of sp³-hybridized carbons (Fsp3) is 0.129. The van der Waals surface area contributed by atoms with Crippen LogP contribution >= 0.6 is 0 Å². The van der Waals surface area contributed by atoms with E-state index in [0.29, 0.717) is 22.7 Å². The molecule has 5 nitrogen and oxygen atoms in total. The Kier molecular flexibility index (Phi) is 9.14. The number of imidazole rings is 1. The third-order valence-corrected chi connectivity index (χ3v) is 13.0. The Labute approximate surface area is 419 Å². The molecule has 1 aliphatic rings. The second-order valence-electron chi connectivity index (χ2n) is 19.3. The fourth-order valence-electron chi connectivity index (χ4n) is 9.84. The first-order chi connectivity index (χ1) is 34.6. The molecule has 0 unspecified atom stereocenters. The summed E-state index contributed by atoms with van der Waals surface area (Å²) in [5, 5.41) is 2.14. The molecule has 0 saturated carbocycles. The van der Waals surface area contributed by atoms with Gasteiger partial charge in [-0.05, 0) is 95.7 Å². The minimum absolute atomic E-state index is 0. The SMILES string of the molecule is [2H]c1c([2H])c([2H])c(-c2cccc3c2-c2cccc(C(C)(C)C)c2-[n+]2[c-]n(-c4[c-]c(Oc5[c-]c6c(cc5)c5ccccc5n6-c5cc(C(C)(C)C)ccn5)ccc4)c4cccc(c42)-c2ccccc2-3)c([2H])c1[2H].[Pt]. The summed E-state index contributed by atoms with van der Waals surface area (Å²) in [5.74, 6) is 1.84. The van der Waals surface area contributed by atoms with E-state index in [1.165, 1.54) is 5.56 Å². The Hall–Kier alpha value is -7.33. The van der Waals surface area contributed by atoms with Gasteiger partial charge in [-0.15, -0.1) is 29.7 Å². The Morgan fingerprint density at radius 1 is 0.588 bits per heavy atom. The monoisotopic (exact) mass is 1060 g/mol. The molecule has 0 saturated heterocycles. The third kappa shape index (κ3) is 7.11. The van der Waals surface area contributed by atoms with E-state index < -0.39 is 6.04 Å². The van der Waals surface area contributed by atoms with Gasteiger partial charge in [-0.1, -0.05) is 174 Å². The minimum Gasteiger partial charge on any atom is -0.510 e. The number of pyridine rings is 1. The van der Waals surface area contributed by atoms with Gasteiger partial charge in [-0.2, -0.15) is 18.2 Å². The van der Waals surface area contributed by atoms with Gasteiger partial charge in [-0.25, -0.2) is 4.98 Å². The molecule has 334 valence electrons. The zero-order chi connectivity index (χ0) is 50.0. The quantitative estimate of drug-likeness (QED) is 0.127. The van der Waals surface area contributed by atoms with Crippen LogP contribution in [-0.4, -0.2) is 14.1 Å². The van der Waals surface area contributed by atoms with Gasteiger partial charge in [0.25, 0.3) is 6.33 Å². The van der Waals surface area contributed by atoms with E-state index in [9.17, 15) is 2.74 Å². The molecule has 0 radical (unpaired) electrons. The van der Waals surface area contributed by atoms with Crippen LogP contribution in [0.3, 0.4) is 0 Å². The molecule has 0 N–H and O–H groups in total. The standard InChI is InChI=1S/C62H48N4O.Pt/c1-61(2,3)41-34-35-63-57(36-41)66-54-30-13-12-24-48(54)49-33-32-44(38-56(49)66)67-43-21-14-20-42(37-43)64-39-65-59-52(28-16-29-53(59)62(4,5)6)58-45(40-18-8-7-9-19-40)25-15-26-50(58)46-22-10-11-23-47(46)51-27-17-31-55(64)60(51)65;/h7-36H,1-6H3;/q-2;/i7D,8D,9D,18D,19D;. The molecule has 11 aromatic rings. The average Bonchev–Trinajstić information content (AvgIpc) is 3.94. The number of aromatic nitrogens is 4. The topological polar surface area (TPSA) is 35.9 Å². The molecular formula is C62H48N4OPt-2. The largest absolute Gasteiger partial charge is 0.510 e. The van der Waals surface area contributed by atoms with Gasteiger partial charge in [-0.3, -0.25) is 4.57 Å². The van der Waals surface area contributed by atoms with Crippen LogP contribution < -0.4 is 9.30 Å². The first-order valence-electron chi connectivity index (χ1n) is 25.1. The number of nitrogens with zero attached hydrogens (tertiary/aromatic N) is 4. The normalized spacial score (nSPS) is 13.2. The molecule has 12 rings (SSSR count). The Morgan fingerprint density at radius 2 is 1.25 bits per heavy atom. The molecule has 0 spiro atoms. The van der Waals surface area contributed by atoms with Gasteiger partial charge in [0.1, 0.15) is 5.82 Å². The number of fused-ring (bicyclic) bond motifs is 10. The van der Waals surface area contributed by atoms with E-state index in [0.717, 1.165) is 83.3 Å². The number of rotatable bonds is 5. The summed E-state index contributed by atoms with van der Waals surface area (Å²) in [6, 6.07) is 54.7. The average molecular weight is 1070 g/mol. The number of ether oxygens (including phenoxy) is 1. The molecule has 68 heavy (non-hydrogen) atoms. The van der Waals surface area contributed by atoms with Gasteiger partial charge in [0.2, 0.25) is 0 Å². The summed E-state index contributed by atoms with van der Waals surface area (Å²) < 4.78 is 57.4. The number of hydrogen-bond acceptors (Lipinski definition) is 2. The van der Waals surface area contributed by atoms with Gasteiger partial charge in [0.15, 0.2) is 0 Å². The van der Waals surface area contributed by atoms with Crippen LogP contribution in [0.2, 0.25) is 0 Å². The summed E-state index contributed by atoms with van der Waals surface area (Å²) in [4.78, 5) is 4.86. The van der Waals surface area contributed by atoms with E-state index in [1.54, 1.807) is 0 Å². The molecule has 3 aromatic heterocycles. The van der Waals surface area contributed by atoms with Crippen molar-refractivity contribution in [1.82, 2.24) is 14.1 Å². The maximum atomic E-state index is 9.21. The molecule has 8 aromatic carbocycles. The second kappa shape index (κ2) is 16.5. The number of hydrogen-bond donors (Lipinski definition) is 0. The van der Waals surface area contributed by atoms with E-state index in [1.807, 2.05) is 71.4 Å². The first kappa shape index (κ1) is 37.7. The van der Waals surface area contributed by atoms with Crippen molar-refractivity contribution in [2.45, 2.75) is 52.4 Å². The van der Waals surface area contributed by atoms with Crippen LogP contribution in [0.25, 0.3) is 94.5 Å². The molecule has 6 heteroatoms. The van der Waals surface area contributed by atoms with Crippen molar-refractivity contribution < 1.29 is 37.2 Å². The van der Waals surface area contributed by atoms with Crippen molar-refractivity contribution in [3.05, 3.63) is 212 Å². The summed E-state index contributed by atoms with van der Waals surface area (Å²) in [7, 11) is 0. The summed E-state index contributed by atoms with van der Waals surface area (Å²) in [5.41, 5.74) is 13.0. The molecular weight excluding hydrogens is 1010 g/mol. The van der Waals surface area contributed by atoms with Crippen molar-refractivity contribution in [3.63, 3.8) is 0 Å². The number of benzene rings is 8. The van der Waals surface area contributed by atoms with Crippen LogP contribution in [0.15, 0.2) is 182 Å². The van der Waals surface area contributed by atoms with Crippen molar-refractivity contribution in [2.75, 3.05) is 0 Å². The van der Waals surface area contributed by atoms with Crippen molar-refractivity contribution in [3.8, 4) is 73.2 Å². The third-order valence-electron chi connectivity index (χ3n) is 13.0. The summed E-state index contributed by atoms with van der Waals surface area (Å²) in [6.45, 7) is 13.2. The maximum Gasteiger partial charge on any atom is 0.268 e. The van der Waals surface area contributed by atoms with E-state index >= 15 is 0 Å². The van der Waals surface area contributed by atoms with Crippen molar-refractivity contribution >= 4 is 32.8 Å². The van der Waals surface area contributed by atoms with Crippen LogP contribution in [0.5, 0.6) is 11.5 Å². The summed E-state index contributed by atoms with van der Waals surface area (Å²) >= 11 is 0. The van der Waals surface area contributed by atoms with E-state index in [4.69, 9.17) is 13.8 Å². The van der Waals surface area contributed by atoms with E-state index in [2.05, 4.69) is 154 Å². The molecule has 0 amide bonds. The molecule has 0 fully saturated rings. The van der Waals surface area contributed by atoms with Crippen LogP contribution in [0, 0.1) is 18.5 Å². The smallest absolute Gasteiger partial charge is 0.268 e. The summed E-state index contributed by atoms with van der Waals surface area (Å²) in [6.07, 6.45) is 5.70. The van der Waals surface area contributed by atoms with Gasteiger partial charge in [0, 0.05) is 44.3 Å². The van der Waals surface area contributed by atoms with Crippen LogP contribution in [0.1, 0.15) is 59.5 Å². The van der Waals surface area contributed by atoms with Crippen LogP contribution in [0.4, 0.5) is 0 Å². The minimum atomic E-state index is -0.431. The maximum absolute atomic E-state index is 9.21. The van der Waals surface area contributed by atoms with E-state index in [-0.39, 0.29) is 61.6 Å². The van der Waals surface area contributed by atoms with Gasteiger partial charge < -0.3 is 13.9 Å². The van der Waals surface area contributed by atoms with Gasteiger partial charge >= 0.3 is 0 Å². The molecule has 1 aliphatic heterocycles.